The molecule has 0 heterocycles. The minimum atomic E-state index is -0.912. The van der Waals surface area contributed by atoms with E-state index >= 15 is 0 Å². The van der Waals surface area contributed by atoms with Gasteiger partial charge in [0, 0.05) is 6.04 Å². The number of rotatable bonds is 7. The Labute approximate surface area is 115 Å². The molecule has 0 aliphatic rings. The Morgan fingerprint density at radius 1 is 1.21 bits per heavy atom. The molecule has 4 N–H and O–H groups in total. The smallest absolute Gasteiger partial charge is 0.305 e. The maximum absolute atomic E-state index is 12.2. The summed E-state index contributed by atoms with van der Waals surface area (Å²) in [5.74, 6) is -1.17. The third-order valence-electron chi connectivity index (χ3n) is 3.33. The molecule has 1 unspecified atom stereocenters. The maximum Gasteiger partial charge on any atom is 0.305 e. The van der Waals surface area contributed by atoms with Crippen molar-refractivity contribution >= 4 is 11.9 Å². The van der Waals surface area contributed by atoms with Crippen LogP contribution in [0.1, 0.15) is 60.3 Å². The monoisotopic (exact) mass is 272 g/mol. The van der Waals surface area contributed by atoms with Gasteiger partial charge in [-0.1, -0.05) is 34.6 Å². The average Bonchev–Trinajstić information content (AvgIpc) is 2.24. The molecule has 0 bridgehead atoms. The second kappa shape index (κ2) is 6.89. The van der Waals surface area contributed by atoms with Crippen LogP contribution in [0.25, 0.3) is 0 Å². The summed E-state index contributed by atoms with van der Waals surface area (Å²) < 4.78 is 0. The summed E-state index contributed by atoms with van der Waals surface area (Å²) in [6, 6.07) is -0.383. The number of aliphatic carboxylic acids is 1. The summed E-state index contributed by atoms with van der Waals surface area (Å²) in [6.07, 6.45) is 1.59. The van der Waals surface area contributed by atoms with E-state index in [-0.39, 0.29) is 23.8 Å². The first kappa shape index (κ1) is 17.9. The van der Waals surface area contributed by atoms with E-state index in [1.54, 1.807) is 0 Å². The molecule has 0 saturated carbocycles. The quantitative estimate of drug-likeness (QED) is 0.660. The number of carbonyl (C=O) groups excluding carboxylic acids is 1. The van der Waals surface area contributed by atoms with E-state index in [1.807, 2.05) is 34.6 Å². The molecule has 0 saturated heterocycles. The van der Waals surface area contributed by atoms with Crippen molar-refractivity contribution in [2.24, 2.45) is 11.1 Å². The Hall–Kier alpha value is -1.10. The number of carboxylic acids is 1. The molecule has 0 aromatic carbocycles. The van der Waals surface area contributed by atoms with Gasteiger partial charge in [-0.2, -0.15) is 0 Å². The van der Waals surface area contributed by atoms with Crippen LogP contribution in [0.4, 0.5) is 0 Å². The molecule has 0 rings (SSSR count). The average molecular weight is 272 g/mol. The van der Waals surface area contributed by atoms with Crippen LogP contribution < -0.4 is 11.1 Å². The largest absolute Gasteiger partial charge is 0.481 e. The first-order valence-electron chi connectivity index (χ1n) is 6.85. The summed E-state index contributed by atoms with van der Waals surface area (Å²) in [5.41, 5.74) is 5.06. The molecule has 0 aromatic rings. The van der Waals surface area contributed by atoms with E-state index in [0.717, 1.165) is 0 Å². The lowest BCUT2D eigenvalue weighted by Crippen LogP contribution is -2.56. The van der Waals surface area contributed by atoms with Crippen molar-refractivity contribution in [2.45, 2.75) is 71.9 Å². The van der Waals surface area contributed by atoms with Crippen molar-refractivity contribution in [1.82, 2.24) is 5.32 Å². The second-order valence-corrected chi connectivity index (χ2v) is 6.40. The summed E-state index contributed by atoms with van der Waals surface area (Å²) in [5, 5.41) is 11.7. The van der Waals surface area contributed by atoms with E-state index in [4.69, 9.17) is 10.8 Å². The molecule has 0 aliphatic carbocycles. The molecule has 5 heteroatoms. The zero-order chi connectivity index (χ0) is 15.3. The Kier molecular flexibility index (Phi) is 6.49. The number of hydrogen-bond acceptors (Lipinski definition) is 3. The van der Waals surface area contributed by atoms with Crippen molar-refractivity contribution in [3.8, 4) is 0 Å². The number of hydrogen-bond donors (Lipinski definition) is 3. The van der Waals surface area contributed by atoms with Gasteiger partial charge in [0.2, 0.25) is 5.91 Å². The van der Waals surface area contributed by atoms with Gasteiger partial charge in [0.15, 0.2) is 0 Å². The molecule has 0 radical (unpaired) electrons. The highest BCUT2D eigenvalue weighted by molar-refractivity contribution is 5.86. The van der Waals surface area contributed by atoms with Gasteiger partial charge in [-0.25, -0.2) is 0 Å². The zero-order valence-corrected chi connectivity index (χ0v) is 12.7. The Morgan fingerprint density at radius 2 is 1.68 bits per heavy atom. The standard InChI is InChI=1S/C14H28N2O3/c1-6-14(15,7-2)12(19)16-10(8-11(17)18)9-13(3,4)5/h10H,6-9,15H2,1-5H3,(H,16,19)(H,17,18). The minimum absolute atomic E-state index is 0.0525. The lowest BCUT2D eigenvalue weighted by Gasteiger charge is -2.31. The van der Waals surface area contributed by atoms with E-state index in [2.05, 4.69) is 5.32 Å². The van der Waals surface area contributed by atoms with Crippen molar-refractivity contribution in [1.29, 1.82) is 0 Å². The Balaban J connectivity index is 4.81. The van der Waals surface area contributed by atoms with Crippen molar-refractivity contribution in [3.63, 3.8) is 0 Å². The van der Waals surface area contributed by atoms with Crippen LogP contribution in [-0.4, -0.2) is 28.6 Å². The molecule has 0 aliphatic heterocycles. The van der Waals surface area contributed by atoms with Crippen LogP contribution in [0.3, 0.4) is 0 Å². The fraction of sp³-hybridized carbons (Fsp3) is 0.857. The second-order valence-electron chi connectivity index (χ2n) is 6.40. The summed E-state index contributed by atoms with van der Waals surface area (Å²) in [6.45, 7) is 9.77. The highest BCUT2D eigenvalue weighted by Crippen LogP contribution is 2.23. The fourth-order valence-electron chi connectivity index (χ4n) is 2.02. The molecule has 0 aromatic heterocycles. The van der Waals surface area contributed by atoms with Crippen LogP contribution in [-0.2, 0) is 9.59 Å². The van der Waals surface area contributed by atoms with Gasteiger partial charge in [-0.3, -0.25) is 9.59 Å². The molecule has 1 atom stereocenters. The lowest BCUT2D eigenvalue weighted by atomic mass is 9.86. The Bertz CT molecular complexity index is 317. The molecule has 5 nitrogen and oxygen atoms in total. The third-order valence-corrected chi connectivity index (χ3v) is 3.33. The number of nitrogens with one attached hydrogen (secondary N) is 1. The van der Waals surface area contributed by atoms with E-state index in [0.29, 0.717) is 19.3 Å². The van der Waals surface area contributed by atoms with Gasteiger partial charge in [0.25, 0.3) is 0 Å². The highest BCUT2D eigenvalue weighted by atomic mass is 16.4. The SMILES string of the molecule is CCC(N)(CC)C(=O)NC(CC(=O)O)CC(C)(C)C. The normalized spacial score (nSPS) is 14.0. The van der Waals surface area contributed by atoms with Crippen molar-refractivity contribution < 1.29 is 14.7 Å². The van der Waals surface area contributed by atoms with Crippen LogP contribution >= 0.6 is 0 Å². The van der Waals surface area contributed by atoms with Crippen molar-refractivity contribution in [2.75, 3.05) is 0 Å². The maximum atomic E-state index is 12.2. The van der Waals surface area contributed by atoms with Crippen LogP contribution in [0.2, 0.25) is 0 Å². The van der Waals surface area contributed by atoms with Gasteiger partial charge >= 0.3 is 5.97 Å². The molecular formula is C14H28N2O3. The summed E-state index contributed by atoms with van der Waals surface area (Å²) in [7, 11) is 0. The fourth-order valence-corrected chi connectivity index (χ4v) is 2.02. The van der Waals surface area contributed by atoms with Gasteiger partial charge in [0.1, 0.15) is 0 Å². The summed E-state index contributed by atoms with van der Waals surface area (Å²) in [4.78, 5) is 23.1. The van der Waals surface area contributed by atoms with Crippen molar-refractivity contribution in [3.05, 3.63) is 0 Å². The molecule has 0 fully saturated rings. The van der Waals surface area contributed by atoms with E-state index in [9.17, 15) is 9.59 Å². The van der Waals surface area contributed by atoms with Crippen LogP contribution in [0.5, 0.6) is 0 Å². The van der Waals surface area contributed by atoms with E-state index in [1.165, 1.54) is 0 Å². The first-order valence-corrected chi connectivity index (χ1v) is 6.85. The van der Waals surface area contributed by atoms with Crippen LogP contribution in [0, 0.1) is 5.41 Å². The highest BCUT2D eigenvalue weighted by Gasteiger charge is 2.32. The van der Waals surface area contributed by atoms with Crippen LogP contribution in [0.15, 0.2) is 0 Å². The lowest BCUT2D eigenvalue weighted by molar-refractivity contribution is -0.138. The summed E-state index contributed by atoms with van der Waals surface area (Å²) >= 11 is 0. The number of carbonyl (C=O) groups is 2. The van der Waals surface area contributed by atoms with E-state index < -0.39 is 11.5 Å². The predicted octanol–water partition coefficient (Wildman–Crippen LogP) is 1.90. The number of carboxylic acid groups (broad SMARTS) is 1. The molecule has 1 amide bonds. The molecule has 112 valence electrons. The van der Waals surface area contributed by atoms with Gasteiger partial charge in [-0.15, -0.1) is 0 Å². The number of amides is 1. The van der Waals surface area contributed by atoms with Gasteiger partial charge < -0.3 is 16.2 Å². The molecular weight excluding hydrogens is 244 g/mol. The zero-order valence-electron chi connectivity index (χ0n) is 12.7. The third kappa shape index (κ3) is 6.57. The number of nitrogens with two attached hydrogens (primary N) is 1. The topological polar surface area (TPSA) is 92.4 Å². The Morgan fingerprint density at radius 3 is 2.00 bits per heavy atom. The van der Waals surface area contributed by atoms with Gasteiger partial charge in [-0.05, 0) is 24.7 Å². The molecule has 0 spiro atoms. The molecule has 19 heavy (non-hydrogen) atoms. The predicted molar refractivity (Wildman–Crippen MR) is 75.8 cm³/mol. The first-order chi connectivity index (χ1) is 8.54. The van der Waals surface area contributed by atoms with Gasteiger partial charge in [0.05, 0.1) is 12.0 Å². The minimum Gasteiger partial charge on any atom is -0.481 e.